The van der Waals surface area contributed by atoms with Crippen LogP contribution in [0.1, 0.15) is 5.56 Å². The molecule has 7 heteroatoms. The van der Waals surface area contributed by atoms with Crippen molar-refractivity contribution in [3.05, 3.63) is 47.8 Å². The molecule has 0 aliphatic carbocycles. The van der Waals surface area contributed by atoms with Gasteiger partial charge in [0.25, 0.3) is 0 Å². The lowest BCUT2D eigenvalue weighted by atomic mass is 10.1. The zero-order chi connectivity index (χ0) is 14.3. The number of anilines is 1. The normalized spacial score (nSPS) is 10.7. The Morgan fingerprint density at radius 2 is 2.00 bits per heavy atom. The molecule has 3 aromatic rings. The first-order chi connectivity index (χ1) is 9.61. The van der Waals surface area contributed by atoms with Crippen LogP contribution in [0.2, 0.25) is 0 Å². The molecule has 0 radical (unpaired) electrons. The van der Waals surface area contributed by atoms with E-state index < -0.39 is 11.6 Å². The Morgan fingerprint density at radius 3 is 2.75 bits per heavy atom. The molecular formula is C13H7F2N5. The van der Waals surface area contributed by atoms with Gasteiger partial charge in [-0.3, -0.25) is 0 Å². The second-order valence-electron chi connectivity index (χ2n) is 4.10. The topological polar surface area (TPSA) is 80.0 Å². The van der Waals surface area contributed by atoms with Crippen LogP contribution in [0, 0.1) is 23.0 Å². The number of aromatic nitrogens is 3. The van der Waals surface area contributed by atoms with Crippen molar-refractivity contribution >= 4 is 11.3 Å². The molecule has 0 aliphatic heterocycles. The lowest BCUT2D eigenvalue weighted by molar-refractivity contribution is 0.508. The molecule has 0 amide bonds. The van der Waals surface area contributed by atoms with Gasteiger partial charge < -0.3 is 5.73 Å². The van der Waals surface area contributed by atoms with E-state index in [1.807, 2.05) is 0 Å². The second kappa shape index (κ2) is 4.28. The van der Waals surface area contributed by atoms with Gasteiger partial charge >= 0.3 is 0 Å². The van der Waals surface area contributed by atoms with Crippen molar-refractivity contribution < 1.29 is 8.78 Å². The van der Waals surface area contributed by atoms with Crippen LogP contribution in [0.5, 0.6) is 0 Å². The molecule has 1 aromatic carbocycles. The molecule has 0 atom stereocenters. The van der Waals surface area contributed by atoms with E-state index >= 15 is 0 Å². The number of halogens is 2. The van der Waals surface area contributed by atoms with E-state index in [4.69, 9.17) is 11.0 Å². The van der Waals surface area contributed by atoms with Gasteiger partial charge in [0.15, 0.2) is 17.3 Å². The minimum atomic E-state index is -1.19. The van der Waals surface area contributed by atoms with Crippen LogP contribution in [-0.2, 0) is 0 Å². The standard InChI is InChI=1S/C13H7F2N5/c14-12-7(5-16)1-2-9(13(12)15)10-3-8(17)4-11-18-6-19-20(10)11/h1-4,6H,17H2. The molecule has 5 nitrogen and oxygen atoms in total. The van der Waals surface area contributed by atoms with Crippen molar-refractivity contribution in [3.63, 3.8) is 0 Å². The molecular weight excluding hydrogens is 264 g/mol. The monoisotopic (exact) mass is 271 g/mol. The highest BCUT2D eigenvalue weighted by Gasteiger charge is 2.17. The minimum absolute atomic E-state index is 0.0377. The molecule has 2 N–H and O–H groups in total. The van der Waals surface area contributed by atoms with Crippen LogP contribution in [-0.4, -0.2) is 14.6 Å². The third kappa shape index (κ3) is 1.66. The maximum atomic E-state index is 14.1. The second-order valence-corrected chi connectivity index (χ2v) is 4.10. The summed E-state index contributed by atoms with van der Waals surface area (Å²) < 4.78 is 29.1. The van der Waals surface area contributed by atoms with Crippen LogP contribution >= 0.6 is 0 Å². The average Bonchev–Trinajstić information content (AvgIpc) is 2.89. The van der Waals surface area contributed by atoms with E-state index in [1.165, 1.54) is 29.0 Å². The number of nitrogens with zero attached hydrogens (tertiary/aromatic N) is 4. The Kier molecular flexibility index (Phi) is 2.57. The number of benzene rings is 1. The highest BCUT2D eigenvalue weighted by Crippen LogP contribution is 2.28. The summed E-state index contributed by atoms with van der Waals surface area (Å²) in [5.41, 5.74) is 6.36. The first-order valence-corrected chi connectivity index (χ1v) is 5.59. The van der Waals surface area contributed by atoms with E-state index in [2.05, 4.69) is 10.1 Å². The van der Waals surface area contributed by atoms with Crippen LogP contribution in [0.15, 0.2) is 30.6 Å². The summed E-state index contributed by atoms with van der Waals surface area (Å²) in [5, 5.41) is 12.6. The third-order valence-corrected chi connectivity index (χ3v) is 2.88. The van der Waals surface area contributed by atoms with Crippen LogP contribution < -0.4 is 5.73 Å². The maximum Gasteiger partial charge on any atom is 0.177 e. The Hall–Kier alpha value is -3.01. The molecule has 0 bridgehead atoms. The molecule has 0 saturated heterocycles. The van der Waals surface area contributed by atoms with Gasteiger partial charge in [0.1, 0.15) is 12.4 Å². The number of hydrogen-bond acceptors (Lipinski definition) is 4. The highest BCUT2D eigenvalue weighted by molar-refractivity contribution is 5.69. The molecule has 0 aliphatic rings. The SMILES string of the molecule is N#Cc1ccc(-c2cc(N)cc3ncnn23)c(F)c1F. The van der Waals surface area contributed by atoms with Gasteiger partial charge in [0.05, 0.1) is 11.3 Å². The fraction of sp³-hybridized carbons (Fsp3) is 0. The fourth-order valence-corrected chi connectivity index (χ4v) is 1.97. The van der Waals surface area contributed by atoms with Crippen molar-refractivity contribution in [1.82, 2.24) is 14.6 Å². The van der Waals surface area contributed by atoms with E-state index in [9.17, 15) is 8.78 Å². The molecule has 0 fully saturated rings. The van der Waals surface area contributed by atoms with Crippen molar-refractivity contribution in [2.45, 2.75) is 0 Å². The van der Waals surface area contributed by atoms with Crippen LogP contribution in [0.3, 0.4) is 0 Å². The molecule has 0 spiro atoms. The van der Waals surface area contributed by atoms with Gasteiger partial charge in [0, 0.05) is 17.3 Å². The molecule has 2 heterocycles. The molecule has 3 rings (SSSR count). The summed E-state index contributed by atoms with van der Waals surface area (Å²) in [4.78, 5) is 3.95. The average molecular weight is 271 g/mol. The number of fused-ring (bicyclic) bond motifs is 1. The summed E-state index contributed by atoms with van der Waals surface area (Å²) in [6.07, 6.45) is 1.29. The number of nitrogens with two attached hydrogens (primary N) is 1. The van der Waals surface area contributed by atoms with Crippen molar-refractivity contribution in [2.75, 3.05) is 5.73 Å². The molecule has 0 saturated carbocycles. The largest absolute Gasteiger partial charge is 0.399 e. The number of hydrogen-bond donors (Lipinski definition) is 1. The van der Waals surface area contributed by atoms with Crippen LogP contribution in [0.4, 0.5) is 14.5 Å². The first-order valence-electron chi connectivity index (χ1n) is 5.59. The predicted molar refractivity (Wildman–Crippen MR) is 67.5 cm³/mol. The van der Waals surface area contributed by atoms with Crippen molar-refractivity contribution in [2.24, 2.45) is 0 Å². The number of nitrogen functional groups attached to an aromatic ring is 1. The van der Waals surface area contributed by atoms with E-state index in [0.717, 1.165) is 0 Å². The number of pyridine rings is 1. The Morgan fingerprint density at radius 1 is 1.20 bits per heavy atom. The predicted octanol–water partition coefficient (Wildman–Crippen LogP) is 2.13. The molecule has 0 unspecified atom stereocenters. The Bertz CT molecular complexity index is 863. The van der Waals surface area contributed by atoms with Gasteiger partial charge in [-0.05, 0) is 18.2 Å². The Balaban J connectivity index is 2.34. The molecule has 2 aromatic heterocycles. The lowest BCUT2D eigenvalue weighted by Crippen LogP contribution is -2.01. The summed E-state index contributed by atoms with van der Waals surface area (Å²) in [7, 11) is 0. The maximum absolute atomic E-state index is 14.1. The van der Waals surface area contributed by atoms with E-state index in [1.54, 1.807) is 12.1 Å². The molecule has 98 valence electrons. The van der Waals surface area contributed by atoms with Gasteiger partial charge in [-0.1, -0.05) is 0 Å². The molecule has 20 heavy (non-hydrogen) atoms. The number of rotatable bonds is 1. The van der Waals surface area contributed by atoms with Gasteiger partial charge in [-0.15, -0.1) is 0 Å². The smallest absolute Gasteiger partial charge is 0.177 e. The van der Waals surface area contributed by atoms with E-state index in [0.29, 0.717) is 11.3 Å². The van der Waals surface area contributed by atoms with Crippen molar-refractivity contribution in [3.8, 4) is 17.3 Å². The highest BCUT2D eigenvalue weighted by atomic mass is 19.2. The zero-order valence-corrected chi connectivity index (χ0v) is 10.0. The summed E-state index contributed by atoms with van der Waals surface area (Å²) in [6, 6.07) is 7.13. The van der Waals surface area contributed by atoms with Gasteiger partial charge in [-0.25, -0.2) is 18.3 Å². The minimum Gasteiger partial charge on any atom is -0.399 e. The zero-order valence-electron chi connectivity index (χ0n) is 10.0. The first kappa shape index (κ1) is 12.0. The lowest BCUT2D eigenvalue weighted by Gasteiger charge is -2.08. The summed E-state index contributed by atoms with van der Waals surface area (Å²) in [6.45, 7) is 0. The quantitative estimate of drug-likeness (QED) is 0.735. The summed E-state index contributed by atoms with van der Waals surface area (Å²) in [5.74, 6) is -2.31. The van der Waals surface area contributed by atoms with Crippen molar-refractivity contribution in [1.29, 1.82) is 5.26 Å². The summed E-state index contributed by atoms with van der Waals surface area (Å²) >= 11 is 0. The fourth-order valence-electron chi connectivity index (χ4n) is 1.97. The third-order valence-electron chi connectivity index (χ3n) is 2.88. The number of nitriles is 1. The Labute approximate surface area is 111 Å². The van der Waals surface area contributed by atoms with Gasteiger partial charge in [-0.2, -0.15) is 10.4 Å². The van der Waals surface area contributed by atoms with Gasteiger partial charge in [0.2, 0.25) is 0 Å². The van der Waals surface area contributed by atoms with E-state index in [-0.39, 0.29) is 16.8 Å². The van der Waals surface area contributed by atoms with Crippen LogP contribution in [0.25, 0.3) is 16.9 Å².